The summed E-state index contributed by atoms with van der Waals surface area (Å²) < 4.78 is 0. The van der Waals surface area contributed by atoms with Gasteiger partial charge in [0, 0.05) is 11.8 Å². The first-order valence-corrected chi connectivity index (χ1v) is 6.00. The molecule has 6 heteroatoms. The van der Waals surface area contributed by atoms with Gasteiger partial charge >= 0.3 is 6.03 Å². The van der Waals surface area contributed by atoms with Gasteiger partial charge in [-0.1, -0.05) is 30.3 Å². The number of aromatic nitrogens is 1. The number of primary amides is 1. The van der Waals surface area contributed by atoms with Crippen LogP contribution < -0.4 is 5.73 Å². The third-order valence-electron chi connectivity index (χ3n) is 3.23. The highest BCUT2D eigenvalue weighted by Crippen LogP contribution is 2.29. The van der Waals surface area contributed by atoms with E-state index >= 15 is 0 Å². The number of ketones is 1. The van der Waals surface area contributed by atoms with Gasteiger partial charge in [-0.3, -0.25) is 10.0 Å². The standard InChI is InChI=1S/C14H15N3O3/c1-14(17(20)13(15)19,11-8-5-9-16-11)12(18)10-6-3-2-4-7-10/h2-9,16,20H,1H3,(H2,15,19). The molecule has 0 aliphatic carbocycles. The predicted molar refractivity (Wildman–Crippen MR) is 72.1 cm³/mol. The van der Waals surface area contributed by atoms with E-state index in [2.05, 4.69) is 4.98 Å². The molecule has 6 nitrogen and oxygen atoms in total. The normalized spacial score (nSPS) is 13.5. The number of carbonyl (C=O) groups is 2. The summed E-state index contributed by atoms with van der Waals surface area (Å²) in [5.74, 6) is -0.443. The Bertz CT molecular complexity index is 610. The first kappa shape index (κ1) is 13.8. The van der Waals surface area contributed by atoms with Crippen molar-refractivity contribution in [1.29, 1.82) is 0 Å². The number of aromatic amines is 1. The second-order valence-corrected chi connectivity index (χ2v) is 4.50. The summed E-state index contributed by atoms with van der Waals surface area (Å²) in [6.07, 6.45) is 1.60. The number of hydrogen-bond acceptors (Lipinski definition) is 3. The summed E-state index contributed by atoms with van der Waals surface area (Å²) in [7, 11) is 0. The van der Waals surface area contributed by atoms with Gasteiger partial charge in [-0.25, -0.2) is 4.79 Å². The van der Waals surface area contributed by atoms with E-state index in [9.17, 15) is 14.8 Å². The van der Waals surface area contributed by atoms with Crippen LogP contribution in [0.25, 0.3) is 0 Å². The second kappa shape index (κ2) is 5.18. The van der Waals surface area contributed by atoms with Gasteiger partial charge in [-0.2, -0.15) is 5.06 Å². The molecule has 2 aromatic rings. The molecule has 0 aliphatic heterocycles. The van der Waals surface area contributed by atoms with Gasteiger partial charge < -0.3 is 10.7 Å². The van der Waals surface area contributed by atoms with Gasteiger partial charge in [0.15, 0.2) is 11.3 Å². The number of rotatable bonds is 4. The summed E-state index contributed by atoms with van der Waals surface area (Å²) in [6, 6.07) is 10.6. The molecule has 104 valence electrons. The number of urea groups is 1. The van der Waals surface area contributed by atoms with Crippen molar-refractivity contribution < 1.29 is 14.8 Å². The molecule has 0 saturated carbocycles. The molecule has 1 aromatic carbocycles. The van der Waals surface area contributed by atoms with Gasteiger partial charge in [-0.05, 0) is 19.1 Å². The van der Waals surface area contributed by atoms with E-state index in [0.29, 0.717) is 11.3 Å². The number of nitrogens with two attached hydrogens (primary N) is 1. The SMILES string of the molecule is CC(C(=O)c1ccccc1)(c1ccc[nH]1)N(O)C(N)=O. The average Bonchev–Trinajstić information content (AvgIpc) is 3.00. The smallest absolute Gasteiger partial charge is 0.339 e. The summed E-state index contributed by atoms with van der Waals surface area (Å²) in [5.41, 5.74) is 4.23. The molecule has 0 aliphatic rings. The Morgan fingerprint density at radius 3 is 2.35 bits per heavy atom. The number of carbonyl (C=O) groups excluding carboxylic acids is 2. The lowest BCUT2D eigenvalue weighted by Crippen LogP contribution is -2.53. The number of nitrogens with one attached hydrogen (secondary N) is 1. The largest absolute Gasteiger partial charge is 0.363 e. The van der Waals surface area contributed by atoms with Crippen molar-refractivity contribution in [1.82, 2.24) is 10.0 Å². The number of hydrogen-bond donors (Lipinski definition) is 3. The molecule has 1 aromatic heterocycles. The molecule has 1 unspecified atom stereocenters. The Morgan fingerprint density at radius 1 is 1.20 bits per heavy atom. The minimum atomic E-state index is -1.61. The van der Waals surface area contributed by atoms with E-state index in [4.69, 9.17) is 5.73 Å². The molecular weight excluding hydrogens is 258 g/mol. The molecule has 4 N–H and O–H groups in total. The van der Waals surface area contributed by atoms with Gasteiger partial charge in [0.05, 0.1) is 5.69 Å². The van der Waals surface area contributed by atoms with Crippen molar-refractivity contribution in [2.75, 3.05) is 0 Å². The quantitative estimate of drug-likeness (QED) is 0.450. The monoisotopic (exact) mass is 273 g/mol. The van der Waals surface area contributed by atoms with Gasteiger partial charge in [0.2, 0.25) is 0 Å². The fourth-order valence-corrected chi connectivity index (χ4v) is 2.06. The van der Waals surface area contributed by atoms with E-state index in [0.717, 1.165) is 0 Å². The molecule has 1 heterocycles. The van der Waals surface area contributed by atoms with E-state index < -0.39 is 17.4 Å². The summed E-state index contributed by atoms with van der Waals surface area (Å²) in [4.78, 5) is 26.8. The topological polar surface area (TPSA) is 99.4 Å². The lowest BCUT2D eigenvalue weighted by atomic mass is 9.87. The van der Waals surface area contributed by atoms with E-state index in [-0.39, 0.29) is 5.06 Å². The van der Waals surface area contributed by atoms with E-state index in [1.54, 1.807) is 48.7 Å². The molecule has 2 rings (SSSR count). The molecule has 0 fully saturated rings. The zero-order valence-electron chi connectivity index (χ0n) is 10.9. The molecule has 0 radical (unpaired) electrons. The Balaban J connectivity index is 2.53. The average molecular weight is 273 g/mol. The first-order valence-electron chi connectivity index (χ1n) is 6.00. The molecule has 0 bridgehead atoms. The Morgan fingerprint density at radius 2 is 1.85 bits per heavy atom. The van der Waals surface area contributed by atoms with Crippen molar-refractivity contribution in [2.45, 2.75) is 12.5 Å². The maximum absolute atomic E-state index is 12.7. The fraction of sp³-hybridized carbons (Fsp3) is 0.143. The molecular formula is C14H15N3O3. The van der Waals surface area contributed by atoms with Crippen LogP contribution in [0.2, 0.25) is 0 Å². The van der Waals surface area contributed by atoms with Crippen LogP contribution in [-0.2, 0) is 5.54 Å². The van der Waals surface area contributed by atoms with Crippen molar-refractivity contribution in [3.63, 3.8) is 0 Å². The maximum atomic E-state index is 12.7. The third-order valence-corrected chi connectivity index (χ3v) is 3.23. The third kappa shape index (κ3) is 2.17. The Hall–Kier alpha value is -2.60. The highest BCUT2D eigenvalue weighted by molar-refractivity contribution is 6.04. The Kier molecular flexibility index (Phi) is 3.58. The van der Waals surface area contributed by atoms with Crippen LogP contribution >= 0.6 is 0 Å². The summed E-state index contributed by atoms with van der Waals surface area (Å²) in [6.45, 7) is 1.43. The zero-order chi connectivity index (χ0) is 14.8. The Labute approximate surface area is 115 Å². The van der Waals surface area contributed by atoms with Gasteiger partial charge in [-0.15, -0.1) is 0 Å². The summed E-state index contributed by atoms with van der Waals surface area (Å²) >= 11 is 0. The number of H-pyrrole nitrogens is 1. The highest BCUT2D eigenvalue weighted by atomic mass is 16.5. The number of amides is 2. The first-order chi connectivity index (χ1) is 9.48. The number of hydroxylamine groups is 2. The zero-order valence-corrected chi connectivity index (χ0v) is 10.9. The highest BCUT2D eigenvalue weighted by Gasteiger charge is 2.44. The van der Waals surface area contributed by atoms with Crippen LogP contribution in [0.15, 0.2) is 48.7 Å². The van der Waals surface area contributed by atoms with E-state index in [1.165, 1.54) is 6.92 Å². The predicted octanol–water partition coefficient (Wildman–Crippen LogP) is 1.88. The lowest BCUT2D eigenvalue weighted by Gasteiger charge is -2.33. The van der Waals surface area contributed by atoms with Crippen molar-refractivity contribution in [2.24, 2.45) is 5.73 Å². The van der Waals surface area contributed by atoms with Crippen molar-refractivity contribution >= 4 is 11.8 Å². The van der Waals surface area contributed by atoms with Crippen LogP contribution in [0, 0.1) is 0 Å². The number of nitrogens with zero attached hydrogens (tertiary/aromatic N) is 1. The molecule has 0 spiro atoms. The van der Waals surface area contributed by atoms with Crippen molar-refractivity contribution in [3.8, 4) is 0 Å². The number of benzene rings is 1. The van der Waals surface area contributed by atoms with E-state index in [1.807, 2.05) is 0 Å². The van der Waals surface area contributed by atoms with Crippen LogP contribution in [0.4, 0.5) is 4.79 Å². The van der Waals surface area contributed by atoms with Gasteiger partial charge in [0.25, 0.3) is 0 Å². The maximum Gasteiger partial charge on any atom is 0.339 e. The molecule has 2 amide bonds. The van der Waals surface area contributed by atoms with Crippen LogP contribution in [0.3, 0.4) is 0 Å². The van der Waals surface area contributed by atoms with Crippen molar-refractivity contribution in [3.05, 3.63) is 59.9 Å². The molecule has 20 heavy (non-hydrogen) atoms. The molecule has 1 atom stereocenters. The second-order valence-electron chi connectivity index (χ2n) is 4.50. The molecule has 0 saturated heterocycles. The van der Waals surface area contributed by atoms with Gasteiger partial charge in [0.1, 0.15) is 0 Å². The minimum absolute atomic E-state index is 0.244. The lowest BCUT2D eigenvalue weighted by molar-refractivity contribution is -0.105. The van der Waals surface area contributed by atoms with Crippen LogP contribution in [0.5, 0.6) is 0 Å². The van der Waals surface area contributed by atoms with Crippen LogP contribution in [-0.4, -0.2) is 27.1 Å². The number of Topliss-reactive ketones (excluding diaryl/α,β-unsaturated/α-hetero) is 1. The fourth-order valence-electron chi connectivity index (χ4n) is 2.06. The summed E-state index contributed by atoms with van der Waals surface area (Å²) in [5, 5.41) is 10.2. The van der Waals surface area contributed by atoms with Crippen LogP contribution in [0.1, 0.15) is 23.0 Å². The minimum Gasteiger partial charge on any atom is -0.363 e.